The fourth-order valence-corrected chi connectivity index (χ4v) is 2.44. The van der Waals surface area contributed by atoms with Crippen molar-refractivity contribution >= 4 is 22.6 Å². The standard InChI is InChI=1S/C16H13ClO2/c1-18-14-9-5-3-7-12(14)16(17)15-10-11-6-2-4-8-13(11)19-15/h2-10,16H,1H3. The molecule has 0 amide bonds. The summed E-state index contributed by atoms with van der Waals surface area (Å²) in [5, 5.41) is 0.696. The van der Waals surface area contributed by atoms with Crippen molar-refractivity contribution in [3.8, 4) is 5.75 Å². The summed E-state index contributed by atoms with van der Waals surface area (Å²) in [6.45, 7) is 0. The molecule has 0 aliphatic carbocycles. The molecule has 0 radical (unpaired) electrons. The highest BCUT2D eigenvalue weighted by Gasteiger charge is 2.19. The van der Waals surface area contributed by atoms with Gasteiger partial charge in [0.05, 0.1) is 7.11 Å². The van der Waals surface area contributed by atoms with Gasteiger partial charge in [-0.1, -0.05) is 36.4 Å². The van der Waals surface area contributed by atoms with Gasteiger partial charge in [0.25, 0.3) is 0 Å². The van der Waals surface area contributed by atoms with Gasteiger partial charge in [-0.2, -0.15) is 0 Å². The van der Waals surface area contributed by atoms with E-state index >= 15 is 0 Å². The predicted molar refractivity (Wildman–Crippen MR) is 76.9 cm³/mol. The van der Waals surface area contributed by atoms with E-state index < -0.39 is 0 Å². The highest BCUT2D eigenvalue weighted by molar-refractivity contribution is 6.22. The third kappa shape index (κ3) is 2.20. The second-order valence-corrected chi connectivity index (χ2v) is 4.73. The van der Waals surface area contributed by atoms with Crippen molar-refractivity contribution < 1.29 is 9.15 Å². The van der Waals surface area contributed by atoms with Gasteiger partial charge in [0, 0.05) is 10.9 Å². The zero-order valence-electron chi connectivity index (χ0n) is 10.5. The van der Waals surface area contributed by atoms with E-state index in [4.69, 9.17) is 20.8 Å². The Bertz CT molecular complexity index is 670. The molecule has 3 aromatic rings. The van der Waals surface area contributed by atoms with Gasteiger partial charge >= 0.3 is 0 Å². The fraction of sp³-hybridized carbons (Fsp3) is 0.125. The lowest BCUT2D eigenvalue weighted by atomic mass is 10.1. The van der Waals surface area contributed by atoms with E-state index in [2.05, 4.69) is 0 Å². The molecular weight excluding hydrogens is 260 g/mol. The summed E-state index contributed by atoms with van der Waals surface area (Å²) >= 11 is 6.51. The first-order valence-corrected chi connectivity index (χ1v) is 6.48. The van der Waals surface area contributed by atoms with Crippen molar-refractivity contribution in [2.75, 3.05) is 7.11 Å². The van der Waals surface area contributed by atoms with E-state index in [1.807, 2.05) is 54.6 Å². The summed E-state index contributed by atoms with van der Waals surface area (Å²) in [5.41, 5.74) is 1.75. The van der Waals surface area contributed by atoms with Gasteiger partial charge < -0.3 is 9.15 Å². The lowest BCUT2D eigenvalue weighted by Crippen LogP contribution is -1.95. The number of rotatable bonds is 3. The van der Waals surface area contributed by atoms with Crippen molar-refractivity contribution in [2.45, 2.75) is 5.38 Å². The first-order chi connectivity index (χ1) is 9.29. The Labute approximate surface area is 116 Å². The number of ether oxygens (including phenoxy) is 1. The van der Waals surface area contributed by atoms with Crippen LogP contribution in [0.1, 0.15) is 16.7 Å². The monoisotopic (exact) mass is 272 g/mol. The fourth-order valence-electron chi connectivity index (χ4n) is 2.16. The molecule has 1 aromatic heterocycles. The van der Waals surface area contributed by atoms with Crippen LogP contribution in [0.4, 0.5) is 0 Å². The number of halogens is 1. The van der Waals surface area contributed by atoms with Gasteiger partial charge in [-0.25, -0.2) is 0 Å². The number of alkyl halides is 1. The molecule has 19 heavy (non-hydrogen) atoms. The first-order valence-electron chi connectivity index (χ1n) is 6.05. The van der Waals surface area contributed by atoms with Crippen LogP contribution < -0.4 is 4.74 Å². The van der Waals surface area contributed by atoms with E-state index in [0.29, 0.717) is 0 Å². The average Bonchev–Trinajstić information content (AvgIpc) is 2.90. The van der Waals surface area contributed by atoms with Gasteiger partial charge in [-0.3, -0.25) is 0 Å². The summed E-state index contributed by atoms with van der Waals surface area (Å²) in [5.74, 6) is 1.50. The van der Waals surface area contributed by atoms with Crippen molar-refractivity contribution in [3.63, 3.8) is 0 Å². The zero-order valence-corrected chi connectivity index (χ0v) is 11.2. The predicted octanol–water partition coefficient (Wildman–Crippen LogP) is 4.77. The molecule has 0 fully saturated rings. The summed E-state index contributed by atoms with van der Waals surface area (Å²) in [6, 6.07) is 17.5. The molecule has 1 unspecified atom stereocenters. The highest BCUT2D eigenvalue weighted by Crippen LogP contribution is 2.37. The minimum Gasteiger partial charge on any atom is -0.496 e. The Morgan fingerprint density at radius 3 is 2.58 bits per heavy atom. The van der Waals surface area contributed by atoms with E-state index in [1.54, 1.807) is 7.11 Å². The quantitative estimate of drug-likeness (QED) is 0.641. The zero-order chi connectivity index (χ0) is 13.2. The van der Waals surface area contributed by atoms with Crippen LogP contribution in [0.25, 0.3) is 11.0 Å². The molecule has 0 aliphatic heterocycles. The highest BCUT2D eigenvalue weighted by atomic mass is 35.5. The largest absolute Gasteiger partial charge is 0.496 e. The molecule has 3 heteroatoms. The Morgan fingerprint density at radius 2 is 1.79 bits per heavy atom. The Balaban J connectivity index is 2.05. The minimum atomic E-state index is -0.358. The topological polar surface area (TPSA) is 22.4 Å². The van der Waals surface area contributed by atoms with Crippen LogP contribution in [-0.2, 0) is 0 Å². The molecule has 96 valence electrons. The van der Waals surface area contributed by atoms with E-state index in [0.717, 1.165) is 28.0 Å². The number of hydrogen-bond donors (Lipinski definition) is 0. The van der Waals surface area contributed by atoms with Crippen LogP contribution in [0.5, 0.6) is 5.75 Å². The molecule has 2 aromatic carbocycles. The van der Waals surface area contributed by atoms with E-state index in [-0.39, 0.29) is 5.38 Å². The molecule has 0 N–H and O–H groups in total. The normalized spacial score (nSPS) is 12.5. The number of furan rings is 1. The molecule has 0 saturated heterocycles. The SMILES string of the molecule is COc1ccccc1C(Cl)c1cc2ccccc2o1. The van der Waals surface area contributed by atoms with Gasteiger partial charge in [-0.15, -0.1) is 11.6 Å². The van der Waals surface area contributed by atoms with Gasteiger partial charge in [0.15, 0.2) is 0 Å². The summed E-state index contributed by atoms with van der Waals surface area (Å²) in [7, 11) is 1.64. The smallest absolute Gasteiger partial charge is 0.134 e. The maximum atomic E-state index is 6.51. The number of fused-ring (bicyclic) bond motifs is 1. The van der Waals surface area contributed by atoms with Crippen LogP contribution in [-0.4, -0.2) is 7.11 Å². The van der Waals surface area contributed by atoms with E-state index in [1.165, 1.54) is 0 Å². The summed E-state index contributed by atoms with van der Waals surface area (Å²) < 4.78 is 11.1. The summed E-state index contributed by atoms with van der Waals surface area (Å²) in [6.07, 6.45) is 0. The molecule has 1 heterocycles. The van der Waals surface area contributed by atoms with Gasteiger partial charge in [0.2, 0.25) is 0 Å². The molecule has 0 bridgehead atoms. The maximum absolute atomic E-state index is 6.51. The summed E-state index contributed by atoms with van der Waals surface area (Å²) in [4.78, 5) is 0. The number of benzene rings is 2. The maximum Gasteiger partial charge on any atom is 0.134 e. The average molecular weight is 273 g/mol. The van der Waals surface area contributed by atoms with Crippen molar-refractivity contribution in [3.05, 3.63) is 65.9 Å². The number of para-hydroxylation sites is 2. The third-order valence-corrected chi connectivity index (χ3v) is 3.56. The van der Waals surface area contributed by atoms with Crippen molar-refractivity contribution in [2.24, 2.45) is 0 Å². The van der Waals surface area contributed by atoms with Crippen LogP contribution in [0.3, 0.4) is 0 Å². The second kappa shape index (κ2) is 4.98. The van der Waals surface area contributed by atoms with Crippen LogP contribution in [0, 0.1) is 0 Å². The third-order valence-electron chi connectivity index (χ3n) is 3.11. The van der Waals surface area contributed by atoms with Crippen molar-refractivity contribution in [1.29, 1.82) is 0 Å². The molecule has 1 atom stereocenters. The molecule has 0 aliphatic rings. The lowest BCUT2D eigenvalue weighted by Gasteiger charge is -2.11. The Morgan fingerprint density at radius 1 is 1.05 bits per heavy atom. The first kappa shape index (κ1) is 12.1. The minimum absolute atomic E-state index is 0.358. The molecule has 0 spiro atoms. The Kier molecular flexibility index (Phi) is 3.18. The second-order valence-electron chi connectivity index (χ2n) is 4.29. The van der Waals surface area contributed by atoms with Crippen molar-refractivity contribution in [1.82, 2.24) is 0 Å². The van der Waals surface area contributed by atoms with Gasteiger partial charge in [0.1, 0.15) is 22.5 Å². The van der Waals surface area contributed by atoms with E-state index in [9.17, 15) is 0 Å². The van der Waals surface area contributed by atoms with Crippen LogP contribution in [0.15, 0.2) is 59.0 Å². The molecular formula is C16H13ClO2. The van der Waals surface area contributed by atoms with Crippen LogP contribution >= 0.6 is 11.6 Å². The molecule has 3 rings (SSSR count). The Hall–Kier alpha value is -1.93. The number of hydrogen-bond acceptors (Lipinski definition) is 2. The van der Waals surface area contributed by atoms with Crippen LogP contribution in [0.2, 0.25) is 0 Å². The van der Waals surface area contributed by atoms with Gasteiger partial charge in [-0.05, 0) is 18.2 Å². The number of methoxy groups -OCH3 is 1. The molecule has 0 saturated carbocycles. The molecule has 2 nitrogen and oxygen atoms in total. The lowest BCUT2D eigenvalue weighted by molar-refractivity contribution is 0.408.